The van der Waals surface area contributed by atoms with Crippen molar-refractivity contribution in [3.05, 3.63) is 29.8 Å². The zero-order valence-electron chi connectivity index (χ0n) is 11.4. The summed E-state index contributed by atoms with van der Waals surface area (Å²) < 4.78 is 0. The van der Waals surface area contributed by atoms with Gasteiger partial charge in [0.15, 0.2) is 0 Å². The summed E-state index contributed by atoms with van der Waals surface area (Å²) in [5.41, 5.74) is 6.89. The van der Waals surface area contributed by atoms with E-state index in [1.165, 1.54) is 0 Å². The van der Waals surface area contributed by atoms with E-state index in [4.69, 9.17) is 5.73 Å². The third-order valence-electron chi connectivity index (χ3n) is 3.45. The van der Waals surface area contributed by atoms with Crippen LogP contribution in [-0.2, 0) is 11.3 Å². The summed E-state index contributed by atoms with van der Waals surface area (Å²) in [6, 6.07) is 6.99. The fourth-order valence-corrected chi connectivity index (χ4v) is 2.27. The number of hydrogen-bond donors (Lipinski definition) is 2. The predicted molar refractivity (Wildman–Crippen MR) is 74.6 cm³/mol. The molecule has 0 heterocycles. The Morgan fingerprint density at radius 1 is 1.53 bits per heavy atom. The Morgan fingerprint density at radius 3 is 2.84 bits per heavy atom. The van der Waals surface area contributed by atoms with E-state index >= 15 is 0 Å². The number of rotatable bonds is 6. The molecular formula is C15H22N2O2. The molecular weight excluding hydrogens is 240 g/mol. The molecule has 4 nitrogen and oxygen atoms in total. The molecule has 1 unspecified atom stereocenters. The Morgan fingerprint density at radius 2 is 2.26 bits per heavy atom. The minimum Gasteiger partial charge on any atom is -0.508 e. The van der Waals surface area contributed by atoms with Crippen LogP contribution in [0.1, 0.15) is 38.2 Å². The fourth-order valence-electron chi connectivity index (χ4n) is 2.27. The molecule has 19 heavy (non-hydrogen) atoms. The number of hydrogen-bond acceptors (Lipinski definition) is 3. The Labute approximate surface area is 114 Å². The summed E-state index contributed by atoms with van der Waals surface area (Å²) in [6.07, 6.45) is 3.76. The first kappa shape index (κ1) is 13.9. The summed E-state index contributed by atoms with van der Waals surface area (Å²) in [6.45, 7) is 2.57. The zero-order chi connectivity index (χ0) is 13.8. The summed E-state index contributed by atoms with van der Waals surface area (Å²) in [4.78, 5) is 14.2. The van der Waals surface area contributed by atoms with Gasteiger partial charge in [0.25, 0.3) is 0 Å². The van der Waals surface area contributed by atoms with E-state index in [1.54, 1.807) is 18.2 Å². The molecule has 1 aromatic rings. The SMILES string of the molecule is CCCC(N)C(=O)N(Cc1cccc(O)c1)C1CC1. The molecule has 0 radical (unpaired) electrons. The zero-order valence-corrected chi connectivity index (χ0v) is 11.4. The third-order valence-corrected chi connectivity index (χ3v) is 3.45. The molecule has 0 bridgehead atoms. The highest BCUT2D eigenvalue weighted by Gasteiger charge is 2.34. The van der Waals surface area contributed by atoms with E-state index in [0.29, 0.717) is 12.6 Å². The number of phenolic OH excluding ortho intramolecular Hbond substituents is 1. The number of nitrogens with two attached hydrogens (primary N) is 1. The monoisotopic (exact) mass is 262 g/mol. The van der Waals surface area contributed by atoms with E-state index < -0.39 is 6.04 Å². The van der Waals surface area contributed by atoms with E-state index in [9.17, 15) is 9.90 Å². The summed E-state index contributed by atoms with van der Waals surface area (Å²) in [5.74, 6) is 0.270. The van der Waals surface area contributed by atoms with Gasteiger partial charge in [0.1, 0.15) is 5.75 Å². The molecule has 1 fully saturated rings. The van der Waals surface area contributed by atoms with Gasteiger partial charge < -0.3 is 15.7 Å². The van der Waals surface area contributed by atoms with E-state index in [1.807, 2.05) is 17.9 Å². The average Bonchev–Trinajstić information content (AvgIpc) is 3.20. The van der Waals surface area contributed by atoms with Crippen LogP contribution in [0.5, 0.6) is 5.75 Å². The Bertz CT molecular complexity index is 444. The summed E-state index contributed by atoms with van der Waals surface area (Å²) in [5, 5.41) is 9.48. The second-order valence-corrected chi connectivity index (χ2v) is 5.26. The largest absolute Gasteiger partial charge is 0.508 e. The van der Waals surface area contributed by atoms with Crippen LogP contribution in [0, 0.1) is 0 Å². The highest BCUT2D eigenvalue weighted by atomic mass is 16.3. The normalized spacial score (nSPS) is 16.1. The lowest BCUT2D eigenvalue weighted by molar-refractivity contribution is -0.134. The molecule has 4 heteroatoms. The second-order valence-electron chi connectivity index (χ2n) is 5.26. The first-order valence-electron chi connectivity index (χ1n) is 6.95. The Hall–Kier alpha value is -1.55. The standard InChI is InChI=1S/C15H22N2O2/c1-2-4-14(16)15(19)17(12-7-8-12)10-11-5-3-6-13(18)9-11/h3,5-6,9,12,14,18H,2,4,7-8,10,16H2,1H3. The van der Waals surface area contributed by atoms with Crippen LogP contribution < -0.4 is 5.73 Å². The smallest absolute Gasteiger partial charge is 0.240 e. The second kappa shape index (κ2) is 6.06. The van der Waals surface area contributed by atoms with Gasteiger partial charge in [-0.15, -0.1) is 0 Å². The van der Waals surface area contributed by atoms with Crippen LogP contribution in [0.3, 0.4) is 0 Å². The molecule has 3 N–H and O–H groups in total. The number of phenols is 1. The molecule has 0 spiro atoms. The minimum absolute atomic E-state index is 0.0349. The van der Waals surface area contributed by atoms with E-state index in [-0.39, 0.29) is 11.7 Å². The first-order chi connectivity index (χ1) is 9.11. The number of amides is 1. The van der Waals surface area contributed by atoms with Crippen LogP contribution in [0.4, 0.5) is 0 Å². The summed E-state index contributed by atoms with van der Waals surface area (Å²) >= 11 is 0. The molecule has 1 atom stereocenters. The number of aromatic hydroxyl groups is 1. The lowest BCUT2D eigenvalue weighted by Gasteiger charge is -2.25. The number of benzene rings is 1. The Kier molecular flexibility index (Phi) is 4.43. The minimum atomic E-state index is -0.400. The molecule has 104 valence electrons. The van der Waals surface area contributed by atoms with Crippen LogP contribution >= 0.6 is 0 Å². The van der Waals surface area contributed by atoms with Gasteiger partial charge >= 0.3 is 0 Å². The highest BCUT2D eigenvalue weighted by molar-refractivity contribution is 5.82. The van der Waals surface area contributed by atoms with Gasteiger partial charge in [0.2, 0.25) is 5.91 Å². The van der Waals surface area contributed by atoms with Crippen molar-refractivity contribution in [3.8, 4) is 5.75 Å². The van der Waals surface area contributed by atoms with Crippen LogP contribution in [0.2, 0.25) is 0 Å². The van der Waals surface area contributed by atoms with E-state index in [2.05, 4.69) is 0 Å². The number of nitrogens with zero attached hydrogens (tertiary/aromatic N) is 1. The van der Waals surface area contributed by atoms with Crippen LogP contribution in [-0.4, -0.2) is 28.0 Å². The van der Waals surface area contributed by atoms with Gasteiger partial charge in [0, 0.05) is 12.6 Å². The molecule has 0 aliphatic heterocycles. The van der Waals surface area contributed by atoms with Crippen molar-refractivity contribution in [2.45, 2.75) is 51.2 Å². The van der Waals surface area contributed by atoms with Gasteiger partial charge in [0.05, 0.1) is 6.04 Å². The predicted octanol–water partition coefficient (Wildman–Crippen LogP) is 2.01. The first-order valence-corrected chi connectivity index (χ1v) is 6.95. The maximum absolute atomic E-state index is 12.3. The molecule has 1 aliphatic rings. The van der Waals surface area contributed by atoms with Gasteiger partial charge in [-0.25, -0.2) is 0 Å². The van der Waals surface area contributed by atoms with Gasteiger partial charge in [-0.05, 0) is 37.0 Å². The van der Waals surface area contributed by atoms with Crippen LogP contribution in [0.25, 0.3) is 0 Å². The topological polar surface area (TPSA) is 66.6 Å². The van der Waals surface area contributed by atoms with Crippen molar-refractivity contribution in [1.29, 1.82) is 0 Å². The average molecular weight is 262 g/mol. The van der Waals surface area contributed by atoms with Crippen molar-refractivity contribution in [1.82, 2.24) is 4.90 Å². The molecule has 0 aromatic heterocycles. The summed E-state index contributed by atoms with van der Waals surface area (Å²) in [7, 11) is 0. The third kappa shape index (κ3) is 3.70. The van der Waals surface area contributed by atoms with Crippen LogP contribution in [0.15, 0.2) is 24.3 Å². The van der Waals surface area contributed by atoms with Crippen molar-refractivity contribution in [2.75, 3.05) is 0 Å². The van der Waals surface area contributed by atoms with Crippen molar-refractivity contribution in [2.24, 2.45) is 5.73 Å². The van der Waals surface area contributed by atoms with Gasteiger partial charge in [-0.2, -0.15) is 0 Å². The fraction of sp³-hybridized carbons (Fsp3) is 0.533. The van der Waals surface area contributed by atoms with E-state index in [0.717, 1.165) is 31.2 Å². The maximum Gasteiger partial charge on any atom is 0.240 e. The highest BCUT2D eigenvalue weighted by Crippen LogP contribution is 2.29. The Balaban J connectivity index is 2.06. The lowest BCUT2D eigenvalue weighted by Crippen LogP contribution is -2.44. The molecule has 2 rings (SSSR count). The van der Waals surface area contributed by atoms with Crippen molar-refractivity contribution >= 4 is 5.91 Å². The lowest BCUT2D eigenvalue weighted by atomic mass is 10.1. The maximum atomic E-state index is 12.3. The van der Waals surface area contributed by atoms with Gasteiger partial charge in [-0.3, -0.25) is 4.79 Å². The van der Waals surface area contributed by atoms with Crippen molar-refractivity contribution in [3.63, 3.8) is 0 Å². The molecule has 1 saturated carbocycles. The number of carbonyl (C=O) groups excluding carboxylic acids is 1. The molecule has 1 aliphatic carbocycles. The molecule has 1 amide bonds. The number of carbonyl (C=O) groups is 1. The molecule has 1 aromatic carbocycles. The van der Waals surface area contributed by atoms with Crippen molar-refractivity contribution < 1.29 is 9.90 Å². The molecule has 0 saturated heterocycles. The quantitative estimate of drug-likeness (QED) is 0.824. The van der Waals surface area contributed by atoms with Gasteiger partial charge in [-0.1, -0.05) is 25.5 Å².